The maximum Gasteiger partial charge on any atom is 0.363 e. The van der Waals surface area contributed by atoms with Gasteiger partial charge in [-0.25, -0.2) is 4.79 Å². The van der Waals surface area contributed by atoms with E-state index in [9.17, 15) is 9.59 Å². The van der Waals surface area contributed by atoms with Crippen molar-refractivity contribution in [3.8, 4) is 0 Å². The van der Waals surface area contributed by atoms with Crippen LogP contribution in [0.5, 0.6) is 0 Å². The van der Waals surface area contributed by atoms with Crippen molar-refractivity contribution in [2.45, 2.75) is 40.0 Å². The molecule has 0 heterocycles. The zero-order chi connectivity index (χ0) is 15.1. The number of aryl methyl sites for hydroxylation is 3. The first kappa shape index (κ1) is 16.0. The van der Waals surface area contributed by atoms with Gasteiger partial charge in [0.05, 0.1) is 5.56 Å². The average molecular weight is 275 g/mol. The molecule has 1 rings (SSSR count). The molecule has 0 saturated heterocycles. The van der Waals surface area contributed by atoms with Crippen molar-refractivity contribution < 1.29 is 14.4 Å². The van der Waals surface area contributed by atoms with Gasteiger partial charge in [-0.05, 0) is 44.7 Å². The second-order valence-electron chi connectivity index (χ2n) is 4.87. The van der Waals surface area contributed by atoms with Crippen LogP contribution in [0.2, 0.25) is 0 Å². The zero-order valence-corrected chi connectivity index (χ0v) is 12.3. The van der Waals surface area contributed by atoms with Crippen molar-refractivity contribution in [2.24, 2.45) is 0 Å². The molecule has 1 N–H and O–H groups in total. The summed E-state index contributed by atoms with van der Waals surface area (Å²) in [6.45, 7) is 9.25. The van der Waals surface area contributed by atoms with Gasteiger partial charge in [0.2, 0.25) is 0 Å². The highest BCUT2D eigenvalue weighted by molar-refractivity contribution is 5.93. The van der Waals surface area contributed by atoms with Crippen molar-refractivity contribution in [3.05, 3.63) is 47.0 Å². The Bertz CT molecular complexity index is 497. The van der Waals surface area contributed by atoms with Gasteiger partial charge in [-0.2, -0.15) is 5.48 Å². The Morgan fingerprint density at radius 2 is 1.85 bits per heavy atom. The number of hydrogen-bond donors (Lipinski definition) is 1. The predicted molar refractivity (Wildman–Crippen MR) is 78.3 cm³/mol. The van der Waals surface area contributed by atoms with E-state index in [1.54, 1.807) is 6.08 Å². The fourth-order valence-electron chi connectivity index (χ4n) is 2.11. The first-order valence-corrected chi connectivity index (χ1v) is 6.64. The zero-order valence-electron chi connectivity index (χ0n) is 12.3. The molecule has 0 radical (unpaired) electrons. The molecule has 0 atom stereocenters. The second kappa shape index (κ2) is 7.48. The van der Waals surface area contributed by atoms with Crippen LogP contribution in [0.3, 0.4) is 0 Å². The molecule has 4 nitrogen and oxygen atoms in total. The van der Waals surface area contributed by atoms with Gasteiger partial charge >= 0.3 is 5.97 Å². The lowest BCUT2D eigenvalue weighted by Crippen LogP contribution is -2.27. The first-order chi connectivity index (χ1) is 9.45. The van der Waals surface area contributed by atoms with Crippen LogP contribution in [0, 0.1) is 20.8 Å². The van der Waals surface area contributed by atoms with E-state index in [0.717, 1.165) is 23.1 Å². The quantitative estimate of drug-likeness (QED) is 0.510. The third-order valence-corrected chi connectivity index (χ3v) is 2.95. The number of allylic oxidation sites excluding steroid dienone is 1. The molecular formula is C16H21NO3. The first-order valence-electron chi connectivity index (χ1n) is 6.64. The molecule has 1 aromatic rings. The third kappa shape index (κ3) is 4.53. The summed E-state index contributed by atoms with van der Waals surface area (Å²) < 4.78 is 0. The summed E-state index contributed by atoms with van der Waals surface area (Å²) in [6, 6.07) is 3.82. The number of carbonyl (C=O) groups is 2. The van der Waals surface area contributed by atoms with Crippen LogP contribution in [0.1, 0.15) is 46.3 Å². The van der Waals surface area contributed by atoms with Crippen LogP contribution in [0.15, 0.2) is 24.8 Å². The van der Waals surface area contributed by atoms with Gasteiger partial charge in [0.15, 0.2) is 0 Å². The molecule has 0 spiro atoms. The van der Waals surface area contributed by atoms with E-state index in [1.165, 1.54) is 0 Å². The Balaban J connectivity index is 2.59. The maximum absolute atomic E-state index is 12.0. The fraction of sp³-hybridized carbons (Fsp3) is 0.375. The highest BCUT2D eigenvalue weighted by Crippen LogP contribution is 2.17. The van der Waals surface area contributed by atoms with Crippen LogP contribution >= 0.6 is 0 Å². The monoisotopic (exact) mass is 275 g/mol. The lowest BCUT2D eigenvalue weighted by atomic mass is 10.0. The topological polar surface area (TPSA) is 55.4 Å². The van der Waals surface area contributed by atoms with E-state index in [4.69, 9.17) is 4.84 Å². The standard InChI is InChI=1S/C16H21NO3/c1-5-6-7-8-14(18)17-20-16(19)15-12(3)9-11(2)10-13(15)4/h5,9-10H,1,6-8H2,2-4H3,(H,17,18). The van der Waals surface area contributed by atoms with Crippen LogP contribution < -0.4 is 5.48 Å². The number of benzene rings is 1. The van der Waals surface area contributed by atoms with Crippen LogP contribution in [0.4, 0.5) is 0 Å². The Morgan fingerprint density at radius 1 is 1.25 bits per heavy atom. The van der Waals surface area contributed by atoms with E-state index >= 15 is 0 Å². The molecule has 0 unspecified atom stereocenters. The molecule has 0 saturated carbocycles. The number of carbonyl (C=O) groups excluding carboxylic acids is 2. The van der Waals surface area contributed by atoms with E-state index in [-0.39, 0.29) is 5.91 Å². The summed E-state index contributed by atoms with van der Waals surface area (Å²) in [5.74, 6) is -0.834. The molecule has 108 valence electrons. The minimum absolute atomic E-state index is 0.303. The summed E-state index contributed by atoms with van der Waals surface area (Å²) in [5.41, 5.74) is 5.46. The Labute approximate surface area is 119 Å². The Kier molecular flexibility index (Phi) is 5.97. The van der Waals surface area contributed by atoms with Crippen molar-refractivity contribution in [1.82, 2.24) is 5.48 Å². The van der Waals surface area contributed by atoms with E-state index < -0.39 is 5.97 Å². The fourth-order valence-corrected chi connectivity index (χ4v) is 2.11. The largest absolute Gasteiger partial charge is 0.363 e. The molecule has 20 heavy (non-hydrogen) atoms. The lowest BCUT2D eigenvalue weighted by molar-refractivity contribution is -0.130. The molecule has 4 heteroatoms. The van der Waals surface area contributed by atoms with E-state index in [2.05, 4.69) is 12.1 Å². The normalized spacial score (nSPS) is 9.95. The van der Waals surface area contributed by atoms with Crippen LogP contribution in [-0.4, -0.2) is 11.9 Å². The minimum atomic E-state index is -0.530. The van der Waals surface area contributed by atoms with Gasteiger partial charge in [0, 0.05) is 6.42 Å². The van der Waals surface area contributed by atoms with Crippen molar-refractivity contribution in [2.75, 3.05) is 0 Å². The molecule has 1 amide bonds. The number of hydroxylamine groups is 1. The smallest absolute Gasteiger partial charge is 0.335 e. The summed E-state index contributed by atoms with van der Waals surface area (Å²) in [5, 5.41) is 0. The lowest BCUT2D eigenvalue weighted by Gasteiger charge is -2.10. The summed E-state index contributed by atoms with van der Waals surface area (Å²) in [7, 11) is 0. The van der Waals surface area contributed by atoms with Gasteiger partial charge in [-0.15, -0.1) is 6.58 Å². The number of amides is 1. The van der Waals surface area contributed by atoms with Gasteiger partial charge < -0.3 is 4.84 Å². The predicted octanol–water partition coefficient (Wildman–Crippen LogP) is 3.16. The molecule has 0 aliphatic heterocycles. The summed E-state index contributed by atoms with van der Waals surface area (Å²) >= 11 is 0. The van der Waals surface area contributed by atoms with E-state index in [1.807, 2.05) is 32.9 Å². The van der Waals surface area contributed by atoms with Gasteiger partial charge in [-0.1, -0.05) is 23.8 Å². The average Bonchev–Trinajstić information content (AvgIpc) is 2.35. The molecule has 0 fully saturated rings. The third-order valence-electron chi connectivity index (χ3n) is 2.95. The SMILES string of the molecule is C=CCCCC(=O)NOC(=O)c1c(C)cc(C)cc1C. The maximum atomic E-state index is 12.0. The van der Waals surface area contributed by atoms with E-state index in [0.29, 0.717) is 18.4 Å². The number of nitrogens with one attached hydrogen (secondary N) is 1. The summed E-state index contributed by atoms with van der Waals surface area (Å²) in [6.07, 6.45) is 3.51. The highest BCUT2D eigenvalue weighted by atomic mass is 16.7. The van der Waals surface area contributed by atoms with Crippen LogP contribution in [0.25, 0.3) is 0 Å². The summed E-state index contributed by atoms with van der Waals surface area (Å²) in [4.78, 5) is 28.3. The van der Waals surface area contributed by atoms with Crippen molar-refractivity contribution in [3.63, 3.8) is 0 Å². The molecular weight excluding hydrogens is 254 g/mol. The van der Waals surface area contributed by atoms with Crippen molar-refractivity contribution in [1.29, 1.82) is 0 Å². The molecule has 0 bridgehead atoms. The van der Waals surface area contributed by atoms with Crippen molar-refractivity contribution >= 4 is 11.9 Å². The highest BCUT2D eigenvalue weighted by Gasteiger charge is 2.15. The van der Waals surface area contributed by atoms with Gasteiger partial charge in [0.25, 0.3) is 5.91 Å². The molecule has 0 aromatic heterocycles. The van der Waals surface area contributed by atoms with Gasteiger partial charge in [-0.3, -0.25) is 4.79 Å². The minimum Gasteiger partial charge on any atom is -0.335 e. The molecule has 1 aromatic carbocycles. The van der Waals surface area contributed by atoms with Crippen LogP contribution in [-0.2, 0) is 9.63 Å². The number of rotatable bonds is 5. The Hall–Kier alpha value is -2.10. The molecule has 0 aliphatic carbocycles. The Morgan fingerprint density at radius 3 is 2.40 bits per heavy atom. The number of hydrogen-bond acceptors (Lipinski definition) is 3. The van der Waals surface area contributed by atoms with Gasteiger partial charge in [0.1, 0.15) is 0 Å². The second-order valence-corrected chi connectivity index (χ2v) is 4.87. The number of unbranched alkanes of at least 4 members (excludes halogenated alkanes) is 1. The molecule has 0 aliphatic rings.